The Morgan fingerprint density at radius 3 is 2.33 bits per heavy atom. The first-order valence-electron chi connectivity index (χ1n) is 6.28. The van der Waals surface area contributed by atoms with Crippen LogP contribution in [0.15, 0.2) is 59.5 Å². The third-order valence-electron chi connectivity index (χ3n) is 3.10. The van der Waals surface area contributed by atoms with E-state index in [1.165, 1.54) is 10.5 Å². The predicted octanol–water partition coefficient (Wildman–Crippen LogP) is 4.19. The van der Waals surface area contributed by atoms with E-state index in [-0.39, 0.29) is 0 Å². The zero-order chi connectivity index (χ0) is 13.0. The van der Waals surface area contributed by atoms with Gasteiger partial charge in [0.25, 0.3) is 0 Å². The van der Waals surface area contributed by atoms with Crippen LogP contribution in [0.3, 0.4) is 0 Å². The van der Waals surface area contributed by atoms with Crippen molar-refractivity contribution in [1.29, 1.82) is 0 Å². The Hall–Kier alpha value is -1.12. The van der Waals surface area contributed by atoms with Gasteiger partial charge in [0.1, 0.15) is 0 Å². The number of hydrogen-bond donors (Lipinski definition) is 0. The maximum absolute atomic E-state index is 2.30. The molecule has 2 aromatic rings. The van der Waals surface area contributed by atoms with Crippen molar-refractivity contribution in [3.05, 3.63) is 60.2 Å². The molecule has 2 atom stereocenters. The average Bonchev–Trinajstić information content (AvgIpc) is 2.83. The van der Waals surface area contributed by atoms with Gasteiger partial charge in [0.2, 0.25) is 0 Å². The summed E-state index contributed by atoms with van der Waals surface area (Å²) in [6, 6.07) is 19.7. The summed E-state index contributed by atoms with van der Waals surface area (Å²) in [6.07, 6.45) is 0. The molecule has 0 saturated carbocycles. The molecule has 0 saturated heterocycles. The summed E-state index contributed by atoms with van der Waals surface area (Å²) in [4.78, 5) is 3.65. The maximum Gasteiger partial charge on any atom is 0.0460 e. The summed E-state index contributed by atoms with van der Waals surface area (Å²) in [5.74, 6) is 0. The molecule has 0 spiro atoms. The standard InChI is InChI=1S/C16H20NS/c1-13(18-15-11-7-8-12-15)16(17(2)3)14-9-5-4-6-10-14/h4-13,16H,1-3H3/q-1/t13-,16-/m1/s1. The fourth-order valence-electron chi connectivity index (χ4n) is 2.35. The lowest BCUT2D eigenvalue weighted by atomic mass is 10.0. The van der Waals surface area contributed by atoms with Crippen LogP contribution in [0.1, 0.15) is 18.5 Å². The lowest BCUT2D eigenvalue weighted by Gasteiger charge is -2.30. The minimum Gasteiger partial charge on any atom is -0.301 e. The molecule has 0 radical (unpaired) electrons. The van der Waals surface area contributed by atoms with Crippen molar-refractivity contribution in [3.63, 3.8) is 0 Å². The molecule has 0 aliphatic heterocycles. The molecule has 0 aromatic heterocycles. The molecule has 0 fully saturated rings. The Bertz CT molecular complexity index is 447. The number of rotatable bonds is 5. The lowest BCUT2D eigenvalue weighted by molar-refractivity contribution is 0.298. The van der Waals surface area contributed by atoms with Gasteiger partial charge in [-0.3, -0.25) is 0 Å². The molecule has 2 aromatic carbocycles. The van der Waals surface area contributed by atoms with Gasteiger partial charge < -0.3 is 4.90 Å². The van der Waals surface area contributed by atoms with Gasteiger partial charge in [-0.15, -0.1) is 16.7 Å². The molecule has 0 aliphatic rings. The van der Waals surface area contributed by atoms with Crippen molar-refractivity contribution in [2.75, 3.05) is 14.1 Å². The highest BCUT2D eigenvalue weighted by molar-refractivity contribution is 8.00. The molecule has 0 amide bonds. The summed E-state index contributed by atoms with van der Waals surface area (Å²) >= 11 is 1.94. The van der Waals surface area contributed by atoms with E-state index >= 15 is 0 Å². The topological polar surface area (TPSA) is 3.24 Å². The zero-order valence-corrected chi connectivity index (χ0v) is 12.0. The quantitative estimate of drug-likeness (QED) is 0.584. The molecule has 0 N–H and O–H groups in total. The van der Waals surface area contributed by atoms with Gasteiger partial charge in [0.05, 0.1) is 0 Å². The highest BCUT2D eigenvalue weighted by atomic mass is 32.2. The molecular weight excluding hydrogens is 238 g/mol. The third kappa shape index (κ3) is 3.21. The van der Waals surface area contributed by atoms with E-state index in [4.69, 9.17) is 0 Å². The molecule has 96 valence electrons. The second kappa shape index (κ2) is 6.17. The van der Waals surface area contributed by atoms with Gasteiger partial charge in [0.15, 0.2) is 0 Å². The fourth-order valence-corrected chi connectivity index (χ4v) is 3.63. The fraction of sp³-hybridized carbons (Fsp3) is 0.312. The van der Waals surface area contributed by atoms with Crippen LogP contribution < -0.4 is 0 Å². The van der Waals surface area contributed by atoms with Gasteiger partial charge in [-0.05, 0) is 19.7 Å². The predicted molar refractivity (Wildman–Crippen MR) is 80.2 cm³/mol. The van der Waals surface area contributed by atoms with E-state index in [0.29, 0.717) is 11.3 Å². The van der Waals surface area contributed by atoms with Crippen LogP contribution in [0.5, 0.6) is 0 Å². The Labute approximate surface area is 114 Å². The van der Waals surface area contributed by atoms with E-state index in [1.54, 1.807) is 0 Å². The van der Waals surface area contributed by atoms with E-state index in [0.717, 1.165) is 0 Å². The first-order chi connectivity index (χ1) is 8.68. The second-order valence-electron chi connectivity index (χ2n) is 4.76. The average molecular weight is 258 g/mol. The normalized spacial score (nSPS) is 14.7. The van der Waals surface area contributed by atoms with Gasteiger partial charge in [-0.25, -0.2) is 12.1 Å². The molecule has 0 unspecified atom stereocenters. The first-order valence-corrected chi connectivity index (χ1v) is 7.16. The highest BCUT2D eigenvalue weighted by Crippen LogP contribution is 2.34. The molecule has 0 aliphatic carbocycles. The van der Waals surface area contributed by atoms with Crippen molar-refractivity contribution in [2.45, 2.75) is 23.1 Å². The monoisotopic (exact) mass is 258 g/mol. The van der Waals surface area contributed by atoms with Crippen LogP contribution in [0.2, 0.25) is 0 Å². The first kappa shape index (κ1) is 13.3. The van der Waals surface area contributed by atoms with Crippen molar-refractivity contribution >= 4 is 11.8 Å². The summed E-state index contributed by atoms with van der Waals surface area (Å²) in [6.45, 7) is 2.30. The van der Waals surface area contributed by atoms with E-state index in [2.05, 4.69) is 80.5 Å². The molecule has 1 nitrogen and oxygen atoms in total. The van der Waals surface area contributed by atoms with Crippen molar-refractivity contribution < 1.29 is 0 Å². The maximum atomic E-state index is 2.30. The zero-order valence-electron chi connectivity index (χ0n) is 11.2. The number of hydrogen-bond acceptors (Lipinski definition) is 2. The Balaban J connectivity index is 2.15. The SMILES string of the molecule is C[C@@H](Sc1ccc[cH-]1)[C@H](c1ccccc1)N(C)C. The van der Waals surface area contributed by atoms with Gasteiger partial charge in [-0.1, -0.05) is 37.3 Å². The van der Waals surface area contributed by atoms with Gasteiger partial charge >= 0.3 is 0 Å². The van der Waals surface area contributed by atoms with Crippen molar-refractivity contribution in [1.82, 2.24) is 4.90 Å². The third-order valence-corrected chi connectivity index (χ3v) is 4.27. The largest absolute Gasteiger partial charge is 0.301 e. The van der Waals surface area contributed by atoms with Crippen molar-refractivity contribution in [2.24, 2.45) is 0 Å². The number of thioether (sulfide) groups is 1. The van der Waals surface area contributed by atoms with Gasteiger partial charge in [0, 0.05) is 11.3 Å². The van der Waals surface area contributed by atoms with Crippen LogP contribution >= 0.6 is 11.8 Å². The molecule has 0 bridgehead atoms. The van der Waals surface area contributed by atoms with Gasteiger partial charge in [-0.2, -0.15) is 12.1 Å². The smallest absolute Gasteiger partial charge is 0.0460 e. The van der Waals surface area contributed by atoms with Crippen LogP contribution in [0.4, 0.5) is 0 Å². The Morgan fingerprint density at radius 2 is 1.78 bits per heavy atom. The van der Waals surface area contributed by atoms with E-state index < -0.39 is 0 Å². The molecule has 2 heteroatoms. The van der Waals surface area contributed by atoms with Crippen LogP contribution in [-0.2, 0) is 0 Å². The summed E-state index contributed by atoms with van der Waals surface area (Å²) in [7, 11) is 4.30. The molecule has 18 heavy (non-hydrogen) atoms. The molecule has 2 rings (SSSR count). The molecule has 0 heterocycles. The minimum atomic E-state index is 0.436. The molecular formula is C16H20NS-. The van der Waals surface area contributed by atoms with E-state index in [9.17, 15) is 0 Å². The summed E-state index contributed by atoms with van der Waals surface area (Å²) in [5, 5.41) is 0.518. The van der Waals surface area contributed by atoms with Crippen molar-refractivity contribution in [3.8, 4) is 0 Å². The lowest BCUT2D eigenvalue weighted by Crippen LogP contribution is -2.27. The minimum absolute atomic E-state index is 0.436. The number of benzene rings is 1. The summed E-state index contributed by atoms with van der Waals surface area (Å²) < 4.78 is 0. The Morgan fingerprint density at radius 1 is 1.06 bits per heavy atom. The van der Waals surface area contributed by atoms with Crippen LogP contribution in [-0.4, -0.2) is 24.2 Å². The highest BCUT2D eigenvalue weighted by Gasteiger charge is 2.21. The second-order valence-corrected chi connectivity index (χ2v) is 6.21. The van der Waals surface area contributed by atoms with Crippen LogP contribution in [0.25, 0.3) is 0 Å². The van der Waals surface area contributed by atoms with E-state index in [1.807, 2.05) is 11.8 Å². The Kier molecular flexibility index (Phi) is 4.56. The van der Waals surface area contributed by atoms with Crippen LogP contribution in [0, 0.1) is 0 Å². The number of nitrogens with zero attached hydrogens (tertiary/aromatic N) is 1. The summed E-state index contributed by atoms with van der Waals surface area (Å²) in [5.41, 5.74) is 1.38.